The standard InChI is InChI=1S/C31H28N8O9S/c1-4-47-31-35-29(32-17-5-7-18(8-6-17)39(2)3)34-30(36-31)33-22-13-14-25(49(44,45)46)21-11-12-23(27(41)26(21)22)37-38-24-15-19(48-16-40)9-10-20(24)28(42)43/h5-16,41H,4H2,1-3H3,(H,42,43)(H,44,45,46)(H2,32,33,34,35,36). The number of carboxylic acids is 1. The number of aromatic nitrogens is 3. The quantitative estimate of drug-likeness (QED) is 0.0576. The van der Waals surface area contributed by atoms with Crippen molar-refractivity contribution >= 4 is 73.7 Å². The SMILES string of the molecule is CCOc1nc(Nc2ccc(N(C)C)cc2)nc(Nc2ccc(S(=O)(=O)O)c3ccc(N=Nc4cc(OC=O)ccc4C(=O)O)c(O)c23)n1. The van der Waals surface area contributed by atoms with Crippen LogP contribution in [0.3, 0.4) is 0 Å². The highest BCUT2D eigenvalue weighted by atomic mass is 32.2. The van der Waals surface area contributed by atoms with E-state index in [2.05, 4.69) is 35.8 Å². The third kappa shape index (κ3) is 7.77. The average molecular weight is 689 g/mol. The lowest BCUT2D eigenvalue weighted by atomic mass is 10.1. The number of fused-ring (bicyclic) bond motifs is 1. The summed E-state index contributed by atoms with van der Waals surface area (Å²) < 4.78 is 44.7. The van der Waals surface area contributed by atoms with Crippen molar-refractivity contribution in [3.63, 3.8) is 0 Å². The number of carbonyl (C=O) groups is 2. The van der Waals surface area contributed by atoms with Gasteiger partial charge in [-0.05, 0) is 61.5 Å². The summed E-state index contributed by atoms with van der Waals surface area (Å²) >= 11 is 0. The van der Waals surface area contributed by atoms with Gasteiger partial charge in [-0.25, -0.2) is 4.79 Å². The van der Waals surface area contributed by atoms with Crippen molar-refractivity contribution in [3.05, 3.63) is 72.3 Å². The van der Waals surface area contributed by atoms with Gasteiger partial charge >= 0.3 is 12.0 Å². The first kappa shape index (κ1) is 33.9. The zero-order chi connectivity index (χ0) is 35.3. The number of nitrogens with zero attached hydrogens (tertiary/aromatic N) is 6. The molecule has 5 N–H and O–H groups in total. The molecule has 0 bridgehead atoms. The van der Waals surface area contributed by atoms with Gasteiger partial charge in [-0.1, -0.05) is 6.07 Å². The Kier molecular flexibility index (Phi) is 9.81. The lowest BCUT2D eigenvalue weighted by molar-refractivity contribution is -0.120. The summed E-state index contributed by atoms with van der Waals surface area (Å²) in [5, 5.41) is 34.7. The van der Waals surface area contributed by atoms with E-state index in [-0.39, 0.29) is 70.1 Å². The van der Waals surface area contributed by atoms with Crippen molar-refractivity contribution in [2.24, 2.45) is 10.2 Å². The van der Waals surface area contributed by atoms with Gasteiger partial charge in [0.15, 0.2) is 5.75 Å². The van der Waals surface area contributed by atoms with Crippen LogP contribution in [-0.2, 0) is 14.9 Å². The van der Waals surface area contributed by atoms with Gasteiger partial charge in [0, 0.05) is 36.9 Å². The highest BCUT2D eigenvalue weighted by molar-refractivity contribution is 7.86. The van der Waals surface area contributed by atoms with E-state index in [0.29, 0.717) is 5.69 Å². The number of carboxylic acid groups (broad SMARTS) is 1. The van der Waals surface area contributed by atoms with E-state index < -0.39 is 26.7 Å². The average Bonchev–Trinajstić information content (AvgIpc) is 3.04. The summed E-state index contributed by atoms with van der Waals surface area (Å²) in [5.41, 5.74) is 1.02. The molecular formula is C31H28N8O9S. The molecule has 0 aliphatic carbocycles. The molecule has 0 spiro atoms. The normalized spacial score (nSPS) is 11.3. The fourth-order valence-electron chi connectivity index (χ4n) is 4.57. The molecule has 1 aromatic heterocycles. The molecule has 0 atom stereocenters. The summed E-state index contributed by atoms with van der Waals surface area (Å²) in [4.78, 5) is 36.9. The molecule has 252 valence electrons. The Hall–Kier alpha value is -6.40. The Morgan fingerprint density at radius 1 is 0.939 bits per heavy atom. The zero-order valence-corrected chi connectivity index (χ0v) is 26.8. The van der Waals surface area contributed by atoms with Crippen LogP contribution in [0.4, 0.5) is 40.3 Å². The molecular weight excluding hydrogens is 660 g/mol. The van der Waals surface area contributed by atoms with Gasteiger partial charge in [-0.15, -0.1) is 10.2 Å². The van der Waals surface area contributed by atoms with Crippen LogP contribution in [-0.4, -0.2) is 71.3 Å². The predicted octanol–water partition coefficient (Wildman–Crippen LogP) is 5.58. The Bertz CT molecular complexity index is 2190. The maximum Gasteiger partial charge on any atom is 0.337 e. The molecule has 0 saturated heterocycles. The summed E-state index contributed by atoms with van der Waals surface area (Å²) in [6.45, 7) is 2.12. The van der Waals surface area contributed by atoms with Crippen LogP contribution >= 0.6 is 0 Å². The fourth-order valence-corrected chi connectivity index (χ4v) is 5.25. The maximum absolute atomic E-state index is 12.3. The monoisotopic (exact) mass is 688 g/mol. The van der Waals surface area contributed by atoms with E-state index in [4.69, 9.17) is 9.47 Å². The van der Waals surface area contributed by atoms with Crippen molar-refractivity contribution in [1.29, 1.82) is 0 Å². The zero-order valence-electron chi connectivity index (χ0n) is 26.0. The fraction of sp³-hybridized carbons (Fsp3) is 0.129. The van der Waals surface area contributed by atoms with Crippen molar-refractivity contribution in [1.82, 2.24) is 15.0 Å². The molecule has 18 heteroatoms. The predicted molar refractivity (Wildman–Crippen MR) is 178 cm³/mol. The number of phenols is 1. The molecule has 5 rings (SSSR count). The number of benzene rings is 4. The highest BCUT2D eigenvalue weighted by Crippen LogP contribution is 2.43. The molecule has 0 unspecified atom stereocenters. The highest BCUT2D eigenvalue weighted by Gasteiger charge is 2.21. The van der Waals surface area contributed by atoms with Crippen LogP contribution in [0.2, 0.25) is 0 Å². The summed E-state index contributed by atoms with van der Waals surface area (Å²) in [6.07, 6.45) is 0. The van der Waals surface area contributed by atoms with E-state index in [9.17, 15) is 32.8 Å². The van der Waals surface area contributed by atoms with Gasteiger partial charge in [-0.2, -0.15) is 23.4 Å². The minimum atomic E-state index is -4.77. The molecule has 0 saturated carbocycles. The number of aromatic hydroxyl groups is 1. The second-order valence-electron chi connectivity index (χ2n) is 10.2. The second-order valence-corrected chi connectivity index (χ2v) is 11.6. The number of carbonyl (C=O) groups excluding carboxylic acids is 1. The van der Waals surface area contributed by atoms with Crippen molar-refractivity contribution in [2.75, 3.05) is 36.2 Å². The molecule has 49 heavy (non-hydrogen) atoms. The van der Waals surface area contributed by atoms with E-state index in [1.165, 1.54) is 24.3 Å². The Labute approximate surface area is 278 Å². The van der Waals surface area contributed by atoms with E-state index >= 15 is 0 Å². The number of aromatic carboxylic acids is 1. The van der Waals surface area contributed by atoms with E-state index in [0.717, 1.165) is 23.9 Å². The number of rotatable bonds is 13. The second kappa shape index (κ2) is 14.2. The first-order valence-electron chi connectivity index (χ1n) is 14.2. The lowest BCUT2D eigenvalue weighted by Crippen LogP contribution is -2.09. The lowest BCUT2D eigenvalue weighted by Gasteiger charge is -2.15. The van der Waals surface area contributed by atoms with Crippen molar-refractivity contribution in [3.8, 4) is 17.5 Å². The molecule has 0 aliphatic rings. The van der Waals surface area contributed by atoms with Gasteiger partial charge in [0.1, 0.15) is 22.0 Å². The van der Waals surface area contributed by atoms with Crippen LogP contribution in [0.15, 0.2) is 81.9 Å². The van der Waals surface area contributed by atoms with Crippen LogP contribution < -0.4 is 25.0 Å². The molecule has 0 amide bonds. The van der Waals surface area contributed by atoms with Crippen LogP contribution in [0.25, 0.3) is 10.8 Å². The number of hydrogen-bond donors (Lipinski definition) is 5. The summed E-state index contributed by atoms with van der Waals surface area (Å²) in [7, 11) is -0.941. The van der Waals surface area contributed by atoms with Crippen LogP contribution in [0.5, 0.6) is 17.5 Å². The molecule has 0 radical (unpaired) electrons. The number of nitrogens with one attached hydrogen (secondary N) is 2. The molecule has 4 aromatic carbocycles. The first-order chi connectivity index (χ1) is 23.4. The van der Waals surface area contributed by atoms with Crippen LogP contribution in [0, 0.1) is 0 Å². The van der Waals surface area contributed by atoms with Crippen molar-refractivity contribution < 1.29 is 42.2 Å². The number of anilines is 5. The third-order valence-corrected chi connectivity index (χ3v) is 7.71. The van der Waals surface area contributed by atoms with Gasteiger partial charge in [0.2, 0.25) is 11.9 Å². The third-order valence-electron chi connectivity index (χ3n) is 6.79. The van der Waals surface area contributed by atoms with Gasteiger partial charge in [0.05, 0.1) is 23.2 Å². The number of hydrogen-bond acceptors (Lipinski definition) is 15. The Morgan fingerprint density at radius 2 is 1.63 bits per heavy atom. The largest absolute Gasteiger partial charge is 0.505 e. The number of ether oxygens (including phenoxy) is 2. The number of phenolic OH excluding ortho intramolecular Hbond substituents is 1. The summed E-state index contributed by atoms with van der Waals surface area (Å²) in [6, 6.07) is 15.8. The Balaban J connectivity index is 1.59. The minimum Gasteiger partial charge on any atom is -0.505 e. The maximum atomic E-state index is 12.3. The number of azo groups is 1. The molecule has 1 heterocycles. The van der Waals surface area contributed by atoms with Crippen molar-refractivity contribution in [2.45, 2.75) is 11.8 Å². The molecule has 0 fully saturated rings. The van der Waals surface area contributed by atoms with Gasteiger partial charge < -0.3 is 35.2 Å². The van der Waals surface area contributed by atoms with Crippen LogP contribution in [0.1, 0.15) is 17.3 Å². The van der Waals surface area contributed by atoms with Gasteiger partial charge in [0.25, 0.3) is 16.6 Å². The smallest absolute Gasteiger partial charge is 0.337 e. The van der Waals surface area contributed by atoms with E-state index in [1.807, 2.05) is 43.3 Å². The molecule has 5 aromatic rings. The Morgan fingerprint density at radius 3 is 2.27 bits per heavy atom. The van der Waals surface area contributed by atoms with E-state index in [1.54, 1.807) is 6.92 Å². The summed E-state index contributed by atoms with van der Waals surface area (Å²) in [5.74, 6) is -1.90. The molecule has 0 aliphatic heterocycles. The van der Waals surface area contributed by atoms with Gasteiger partial charge in [-0.3, -0.25) is 9.35 Å². The minimum absolute atomic E-state index is 0.0100. The topological polar surface area (TPSA) is 238 Å². The first-order valence-corrected chi connectivity index (χ1v) is 15.7. The molecule has 17 nitrogen and oxygen atoms in total.